The summed E-state index contributed by atoms with van der Waals surface area (Å²) < 4.78 is 8.22. The van der Waals surface area contributed by atoms with E-state index in [0.717, 1.165) is 0 Å². The smallest absolute Gasteiger partial charge is 0.302 e. The van der Waals surface area contributed by atoms with Gasteiger partial charge in [0.05, 0.1) is 14.2 Å². The molecule has 0 aliphatic rings. The Morgan fingerprint density at radius 3 is 0.632 bits per heavy atom. The van der Waals surface area contributed by atoms with Gasteiger partial charge in [-0.05, 0) is 13.8 Å². The highest BCUT2D eigenvalue weighted by Gasteiger charge is 1.76. The molecule has 0 amide bonds. The molecule has 124 valence electrons. The van der Waals surface area contributed by atoms with E-state index in [4.69, 9.17) is 0 Å². The number of Topliss-reactive ketones (excluding diaryl/α,β-unsaturated/α-hetero) is 1. The Balaban J connectivity index is -0.0000000141. The van der Waals surface area contributed by atoms with E-state index in [2.05, 4.69) is 9.47 Å². The minimum absolute atomic E-state index is 0. The number of ketones is 1. The van der Waals surface area contributed by atoms with Gasteiger partial charge in [-0.3, -0.25) is 9.59 Å². The molecule has 0 N–H and O–H groups in total. The van der Waals surface area contributed by atoms with Crippen molar-refractivity contribution in [2.75, 3.05) is 14.2 Å². The van der Waals surface area contributed by atoms with Crippen LogP contribution in [0.15, 0.2) is 0 Å². The second kappa shape index (κ2) is 43.8. The number of esters is 2. The van der Waals surface area contributed by atoms with E-state index in [9.17, 15) is 14.4 Å². The fraction of sp³-hybridized carbons (Fsp3) is 0.786. The number of ether oxygens (including phenoxy) is 2. The topological polar surface area (TPSA) is 69.7 Å². The van der Waals surface area contributed by atoms with Crippen molar-refractivity contribution in [3.8, 4) is 0 Å². The van der Waals surface area contributed by atoms with Gasteiger partial charge < -0.3 is 14.3 Å². The second-order valence-corrected chi connectivity index (χ2v) is 2.30. The molecule has 0 radical (unpaired) electrons. The minimum atomic E-state index is -0.245. The van der Waals surface area contributed by atoms with Gasteiger partial charge in [0.2, 0.25) is 0 Å². The molecule has 0 bridgehead atoms. The molecule has 0 aromatic carbocycles. The van der Waals surface area contributed by atoms with Gasteiger partial charge in [-0.15, -0.1) is 0 Å². The zero-order chi connectivity index (χ0) is 12.1. The highest BCUT2D eigenvalue weighted by Crippen LogP contribution is 1.60. The average molecular weight is 286 g/mol. The van der Waals surface area contributed by atoms with Crippen LogP contribution >= 0.6 is 0 Å². The maximum Gasteiger partial charge on any atom is 0.302 e. The number of carbonyl (C=O) groups excluding carboxylic acids is 3. The van der Waals surface area contributed by atoms with Gasteiger partial charge in [-0.2, -0.15) is 0 Å². The van der Waals surface area contributed by atoms with Crippen LogP contribution in [-0.2, 0) is 23.9 Å². The highest BCUT2D eigenvalue weighted by atomic mass is 16.5. The van der Waals surface area contributed by atoms with E-state index in [1.165, 1.54) is 41.9 Å². The second-order valence-electron chi connectivity index (χ2n) is 2.30. The standard InChI is InChI=1S/2C3H6O2.C3H6O.5CH4/c2*1-3(4)5-2;1-3(2)4;;;;;/h2*1-2H3;1-2H3;5*1H4. The first-order chi connectivity index (χ1) is 6.27. The first kappa shape index (κ1) is 52.6. The summed E-state index contributed by atoms with van der Waals surface area (Å²) >= 11 is 0. The predicted molar refractivity (Wildman–Crippen MR) is 85.4 cm³/mol. The zero-order valence-corrected chi connectivity index (χ0v) is 9.54. The van der Waals surface area contributed by atoms with E-state index < -0.39 is 0 Å². The lowest BCUT2D eigenvalue weighted by molar-refractivity contribution is -0.138. The molecule has 5 nitrogen and oxygen atoms in total. The van der Waals surface area contributed by atoms with Crippen molar-refractivity contribution in [1.29, 1.82) is 0 Å². The van der Waals surface area contributed by atoms with Crippen LogP contribution in [0.2, 0.25) is 0 Å². The summed E-state index contributed by atoms with van der Waals surface area (Å²) in [7, 11) is 2.70. The summed E-state index contributed by atoms with van der Waals surface area (Å²) in [5.41, 5.74) is 0. The van der Waals surface area contributed by atoms with Crippen molar-refractivity contribution in [2.24, 2.45) is 0 Å². The molecule has 0 heterocycles. The van der Waals surface area contributed by atoms with Crippen LogP contribution in [0.25, 0.3) is 0 Å². The van der Waals surface area contributed by atoms with Crippen molar-refractivity contribution in [2.45, 2.75) is 64.8 Å². The molecule has 5 heteroatoms. The SMILES string of the molecule is C.C.C.C.C.CC(C)=O.COC(C)=O.COC(C)=O. The lowest BCUT2D eigenvalue weighted by atomic mass is 10.6. The van der Waals surface area contributed by atoms with Gasteiger partial charge in [0.15, 0.2) is 0 Å². The third kappa shape index (κ3) is 520. The van der Waals surface area contributed by atoms with E-state index in [0.29, 0.717) is 0 Å². The Labute approximate surface area is 121 Å². The summed E-state index contributed by atoms with van der Waals surface area (Å²) in [4.78, 5) is 28.6. The number of methoxy groups -OCH3 is 2. The van der Waals surface area contributed by atoms with Gasteiger partial charge in [0.25, 0.3) is 0 Å². The minimum Gasteiger partial charge on any atom is -0.469 e. The number of hydrogen-bond acceptors (Lipinski definition) is 5. The van der Waals surface area contributed by atoms with Crippen LogP contribution in [0.5, 0.6) is 0 Å². The van der Waals surface area contributed by atoms with E-state index in [-0.39, 0.29) is 54.9 Å². The summed E-state index contributed by atoms with van der Waals surface area (Å²) in [6.45, 7) is 5.78. The van der Waals surface area contributed by atoms with Crippen molar-refractivity contribution < 1.29 is 23.9 Å². The van der Waals surface area contributed by atoms with Crippen LogP contribution in [0, 0.1) is 0 Å². The van der Waals surface area contributed by atoms with Crippen molar-refractivity contribution in [1.82, 2.24) is 0 Å². The van der Waals surface area contributed by atoms with Crippen molar-refractivity contribution in [3.63, 3.8) is 0 Å². The summed E-state index contributed by atoms with van der Waals surface area (Å²) in [5.74, 6) is -0.324. The van der Waals surface area contributed by atoms with E-state index >= 15 is 0 Å². The fourth-order valence-electron chi connectivity index (χ4n) is 0. The van der Waals surface area contributed by atoms with Gasteiger partial charge in [0.1, 0.15) is 5.78 Å². The van der Waals surface area contributed by atoms with E-state index in [1.807, 2.05) is 0 Å². The van der Waals surface area contributed by atoms with Crippen LogP contribution in [0.1, 0.15) is 64.8 Å². The first-order valence-corrected chi connectivity index (χ1v) is 3.84. The third-order valence-corrected chi connectivity index (χ3v) is 0.575. The van der Waals surface area contributed by atoms with Gasteiger partial charge in [-0.25, -0.2) is 0 Å². The molecule has 0 aliphatic heterocycles. The molecule has 0 rings (SSSR count). The Morgan fingerprint density at radius 1 is 0.579 bits per heavy atom. The molecule has 0 aromatic heterocycles. The maximum atomic E-state index is 9.59. The van der Waals surface area contributed by atoms with E-state index in [1.54, 1.807) is 0 Å². The van der Waals surface area contributed by atoms with Gasteiger partial charge >= 0.3 is 11.9 Å². The molecule has 0 unspecified atom stereocenters. The van der Waals surface area contributed by atoms with Gasteiger partial charge in [0, 0.05) is 13.8 Å². The Kier molecular flexibility index (Phi) is 121. The monoisotopic (exact) mass is 286 g/mol. The molecular weight excluding hydrogens is 248 g/mol. The first-order valence-electron chi connectivity index (χ1n) is 3.84. The molecule has 0 saturated carbocycles. The molecule has 0 aliphatic carbocycles. The predicted octanol–water partition coefficient (Wildman–Crippen LogP) is 4.13. The highest BCUT2D eigenvalue weighted by molar-refractivity contribution is 5.72. The maximum absolute atomic E-state index is 9.59. The Bertz CT molecular complexity index is 159. The van der Waals surface area contributed by atoms with Crippen molar-refractivity contribution in [3.05, 3.63) is 0 Å². The number of rotatable bonds is 0. The summed E-state index contributed by atoms with van der Waals surface area (Å²) in [5, 5.41) is 0. The Hall–Kier alpha value is -1.39. The molecule has 0 saturated heterocycles. The number of carbonyl (C=O) groups is 3. The zero-order valence-electron chi connectivity index (χ0n) is 9.54. The normalized spacial score (nSPS) is 4.95. The van der Waals surface area contributed by atoms with Crippen LogP contribution in [-0.4, -0.2) is 31.9 Å². The molecule has 0 aromatic rings. The third-order valence-electron chi connectivity index (χ3n) is 0.575. The fourth-order valence-corrected chi connectivity index (χ4v) is 0. The molecule has 19 heavy (non-hydrogen) atoms. The van der Waals surface area contributed by atoms with Crippen molar-refractivity contribution >= 4 is 17.7 Å². The largest absolute Gasteiger partial charge is 0.469 e. The van der Waals surface area contributed by atoms with Crippen LogP contribution in [0.3, 0.4) is 0 Å². The van der Waals surface area contributed by atoms with Crippen LogP contribution in [0.4, 0.5) is 0 Å². The molecule has 0 atom stereocenters. The molecule has 0 fully saturated rings. The lowest BCUT2D eigenvalue weighted by Crippen LogP contribution is -1.88. The molecular formula is C14H38O5. The summed E-state index contributed by atoms with van der Waals surface area (Å²) in [6.07, 6.45) is 0. The average Bonchev–Trinajstić information content (AvgIpc) is 2.04. The molecule has 0 spiro atoms. The number of hydrogen-bond donors (Lipinski definition) is 0. The van der Waals surface area contributed by atoms with Gasteiger partial charge in [-0.1, -0.05) is 37.1 Å². The Morgan fingerprint density at radius 2 is 0.632 bits per heavy atom. The van der Waals surface area contributed by atoms with Crippen LogP contribution < -0.4 is 0 Å². The lowest BCUT2D eigenvalue weighted by Gasteiger charge is -1.80. The quantitative estimate of drug-likeness (QED) is 0.626. The summed E-state index contributed by atoms with van der Waals surface area (Å²) in [6, 6.07) is 0.